The van der Waals surface area contributed by atoms with Crippen molar-refractivity contribution >= 4 is 28.7 Å². The van der Waals surface area contributed by atoms with E-state index < -0.39 is 4.92 Å². The number of hydrogen-bond donors (Lipinski definition) is 2. The number of nitro benzene ring substituents is 1. The van der Waals surface area contributed by atoms with E-state index in [1.54, 1.807) is 19.1 Å². The first-order valence-corrected chi connectivity index (χ1v) is 8.24. The van der Waals surface area contributed by atoms with Gasteiger partial charge in [-0.3, -0.25) is 15.5 Å². The van der Waals surface area contributed by atoms with E-state index >= 15 is 0 Å². The minimum Gasteiger partial charge on any atom is -0.358 e. The zero-order valence-electron chi connectivity index (χ0n) is 13.4. The fourth-order valence-corrected chi connectivity index (χ4v) is 2.97. The maximum atomic E-state index is 10.8. The molecule has 0 unspecified atom stereocenters. The first-order chi connectivity index (χ1) is 11.0. The van der Waals surface area contributed by atoms with Crippen molar-refractivity contribution in [1.29, 1.82) is 0 Å². The number of nitro groups is 1. The van der Waals surface area contributed by atoms with Crippen molar-refractivity contribution in [2.75, 3.05) is 0 Å². The molecule has 6 nitrogen and oxygen atoms in total. The average Bonchev–Trinajstić information content (AvgIpc) is 2.55. The van der Waals surface area contributed by atoms with E-state index in [1.165, 1.54) is 31.4 Å². The maximum Gasteiger partial charge on any atom is 0.270 e. The van der Waals surface area contributed by atoms with Crippen molar-refractivity contribution in [3.05, 3.63) is 39.9 Å². The molecule has 1 aromatic carbocycles. The highest BCUT2D eigenvalue weighted by Crippen LogP contribution is 2.23. The van der Waals surface area contributed by atoms with Crippen LogP contribution in [-0.4, -0.2) is 21.8 Å². The van der Waals surface area contributed by atoms with E-state index in [1.807, 2.05) is 0 Å². The lowest BCUT2D eigenvalue weighted by Crippen LogP contribution is -2.44. The van der Waals surface area contributed by atoms with E-state index in [9.17, 15) is 10.1 Å². The fraction of sp³-hybridized carbons (Fsp3) is 0.500. The van der Waals surface area contributed by atoms with Crippen molar-refractivity contribution in [3.8, 4) is 0 Å². The van der Waals surface area contributed by atoms with Gasteiger partial charge in [0, 0.05) is 23.7 Å². The Kier molecular flexibility index (Phi) is 6.04. The van der Waals surface area contributed by atoms with Crippen LogP contribution in [0.2, 0.25) is 0 Å². The number of nitrogens with zero attached hydrogens (tertiary/aromatic N) is 2. The first-order valence-electron chi connectivity index (χ1n) is 7.83. The third-order valence-corrected chi connectivity index (χ3v) is 4.44. The van der Waals surface area contributed by atoms with Crippen LogP contribution < -0.4 is 10.7 Å². The van der Waals surface area contributed by atoms with E-state index in [-0.39, 0.29) is 5.69 Å². The SMILES string of the molecule is C/C(=N/NC(=S)N[C@H]1CCCC[C@@H]1C)c1cccc([N+](=O)[O-])c1. The Balaban J connectivity index is 1.94. The van der Waals surface area contributed by atoms with Crippen molar-refractivity contribution in [1.82, 2.24) is 10.7 Å². The normalized spacial score (nSPS) is 21.6. The molecule has 0 aliphatic heterocycles. The minimum atomic E-state index is -0.416. The third kappa shape index (κ3) is 4.99. The molecule has 23 heavy (non-hydrogen) atoms. The highest BCUT2D eigenvalue weighted by molar-refractivity contribution is 7.80. The zero-order valence-corrected chi connectivity index (χ0v) is 14.2. The molecule has 0 heterocycles. The summed E-state index contributed by atoms with van der Waals surface area (Å²) in [4.78, 5) is 10.4. The summed E-state index contributed by atoms with van der Waals surface area (Å²) < 4.78 is 0. The summed E-state index contributed by atoms with van der Waals surface area (Å²) >= 11 is 5.29. The molecule has 0 spiro atoms. The van der Waals surface area contributed by atoms with Gasteiger partial charge in [-0.2, -0.15) is 5.10 Å². The maximum absolute atomic E-state index is 10.8. The summed E-state index contributed by atoms with van der Waals surface area (Å²) in [6, 6.07) is 6.78. The summed E-state index contributed by atoms with van der Waals surface area (Å²) in [5.41, 5.74) is 4.23. The summed E-state index contributed by atoms with van der Waals surface area (Å²) in [5, 5.41) is 18.8. The van der Waals surface area contributed by atoms with Crippen LogP contribution in [0.3, 0.4) is 0 Å². The molecular weight excluding hydrogens is 312 g/mol. The van der Waals surface area contributed by atoms with Gasteiger partial charge in [-0.25, -0.2) is 0 Å². The Hall–Kier alpha value is -2.02. The highest BCUT2D eigenvalue weighted by Gasteiger charge is 2.21. The molecule has 1 aliphatic carbocycles. The number of thiocarbonyl (C=S) groups is 1. The lowest BCUT2D eigenvalue weighted by Gasteiger charge is -2.30. The van der Waals surface area contributed by atoms with E-state index in [0.29, 0.717) is 28.3 Å². The standard InChI is InChI=1S/C16H22N4O2S/c1-11-6-3-4-9-15(11)17-16(23)19-18-12(2)13-7-5-8-14(10-13)20(21)22/h5,7-8,10-11,15H,3-4,6,9H2,1-2H3,(H2,17,19,23)/b18-12-/t11-,15-/m0/s1. The van der Waals surface area contributed by atoms with Gasteiger partial charge in [-0.15, -0.1) is 0 Å². The molecule has 0 amide bonds. The molecule has 124 valence electrons. The Morgan fingerprint density at radius 1 is 1.39 bits per heavy atom. The average molecular weight is 334 g/mol. The van der Waals surface area contributed by atoms with Gasteiger partial charge < -0.3 is 5.32 Å². The molecule has 2 N–H and O–H groups in total. The second kappa shape index (κ2) is 8.01. The highest BCUT2D eigenvalue weighted by atomic mass is 32.1. The summed E-state index contributed by atoms with van der Waals surface area (Å²) in [6.07, 6.45) is 4.84. The van der Waals surface area contributed by atoms with Crippen LogP contribution >= 0.6 is 12.2 Å². The van der Waals surface area contributed by atoms with Gasteiger partial charge in [0.2, 0.25) is 0 Å². The lowest BCUT2D eigenvalue weighted by atomic mass is 9.86. The van der Waals surface area contributed by atoms with Gasteiger partial charge in [0.15, 0.2) is 5.11 Å². The number of benzene rings is 1. The fourth-order valence-electron chi connectivity index (χ4n) is 2.78. The smallest absolute Gasteiger partial charge is 0.270 e. The van der Waals surface area contributed by atoms with Gasteiger partial charge in [0.05, 0.1) is 10.6 Å². The molecule has 0 aromatic heterocycles. The van der Waals surface area contributed by atoms with Gasteiger partial charge in [-0.05, 0) is 37.9 Å². The van der Waals surface area contributed by atoms with E-state index in [2.05, 4.69) is 22.8 Å². The minimum absolute atomic E-state index is 0.0498. The molecule has 1 fully saturated rings. The Morgan fingerprint density at radius 2 is 2.13 bits per heavy atom. The molecular formula is C16H22N4O2S. The lowest BCUT2D eigenvalue weighted by molar-refractivity contribution is -0.384. The van der Waals surface area contributed by atoms with Crippen LogP contribution in [0.4, 0.5) is 5.69 Å². The van der Waals surface area contributed by atoms with Gasteiger partial charge in [0.25, 0.3) is 5.69 Å². The van der Waals surface area contributed by atoms with Crippen LogP contribution in [0.5, 0.6) is 0 Å². The van der Waals surface area contributed by atoms with E-state index in [4.69, 9.17) is 12.2 Å². The molecule has 0 radical (unpaired) electrons. The van der Waals surface area contributed by atoms with Crippen molar-refractivity contribution < 1.29 is 4.92 Å². The molecule has 7 heteroatoms. The monoisotopic (exact) mass is 334 g/mol. The van der Waals surface area contributed by atoms with Gasteiger partial charge in [-0.1, -0.05) is 31.9 Å². The largest absolute Gasteiger partial charge is 0.358 e. The number of nitrogens with one attached hydrogen (secondary N) is 2. The van der Waals surface area contributed by atoms with Gasteiger partial charge in [0.1, 0.15) is 0 Å². The molecule has 1 aliphatic rings. The Labute approximate surface area is 141 Å². The summed E-state index contributed by atoms with van der Waals surface area (Å²) in [6.45, 7) is 4.02. The number of non-ortho nitro benzene ring substituents is 1. The first kappa shape index (κ1) is 17.3. The second-order valence-corrected chi connectivity index (χ2v) is 6.37. The topological polar surface area (TPSA) is 79.6 Å². The van der Waals surface area contributed by atoms with Gasteiger partial charge >= 0.3 is 0 Å². The summed E-state index contributed by atoms with van der Waals surface area (Å²) in [7, 11) is 0. The molecule has 0 bridgehead atoms. The molecule has 2 rings (SSSR count). The predicted octanol–water partition coefficient (Wildman–Crippen LogP) is 3.36. The zero-order chi connectivity index (χ0) is 16.8. The van der Waals surface area contributed by atoms with Crippen LogP contribution in [-0.2, 0) is 0 Å². The number of hydrogen-bond acceptors (Lipinski definition) is 4. The molecule has 0 saturated heterocycles. The number of hydrazone groups is 1. The number of rotatable bonds is 4. The third-order valence-electron chi connectivity index (χ3n) is 4.23. The quantitative estimate of drug-likeness (QED) is 0.382. The summed E-state index contributed by atoms with van der Waals surface area (Å²) in [5.74, 6) is 0.602. The van der Waals surface area contributed by atoms with Crippen LogP contribution in [0.25, 0.3) is 0 Å². The van der Waals surface area contributed by atoms with Crippen LogP contribution in [0.1, 0.15) is 45.1 Å². The Bertz CT molecular complexity index is 618. The van der Waals surface area contributed by atoms with E-state index in [0.717, 1.165) is 6.42 Å². The Morgan fingerprint density at radius 3 is 2.83 bits per heavy atom. The molecule has 2 atom stereocenters. The molecule has 1 aromatic rings. The predicted molar refractivity (Wildman–Crippen MR) is 95.6 cm³/mol. The van der Waals surface area contributed by atoms with Crippen LogP contribution in [0, 0.1) is 16.0 Å². The second-order valence-electron chi connectivity index (χ2n) is 5.96. The van der Waals surface area contributed by atoms with Crippen molar-refractivity contribution in [2.45, 2.75) is 45.6 Å². The molecule has 1 saturated carbocycles. The van der Waals surface area contributed by atoms with Crippen molar-refractivity contribution in [3.63, 3.8) is 0 Å². The van der Waals surface area contributed by atoms with Crippen molar-refractivity contribution in [2.24, 2.45) is 11.0 Å². The van der Waals surface area contributed by atoms with Crippen LogP contribution in [0.15, 0.2) is 29.4 Å².